The average Bonchev–Trinajstić information content (AvgIpc) is 3.24. The Morgan fingerprint density at radius 1 is 1.00 bits per heavy atom. The van der Waals surface area contributed by atoms with Crippen LogP contribution < -0.4 is 10.7 Å². The van der Waals surface area contributed by atoms with Crippen LogP contribution >= 0.6 is 23.4 Å². The predicted octanol–water partition coefficient (Wildman–Crippen LogP) is 5.30. The number of halogens is 1. The zero-order chi connectivity index (χ0) is 22.1. The SMILES string of the molecule is Cc1ccc(C2Nn3c(nnc3-c3ccccc3)SC2C(=O)Nc2ccccc2Cl)cc1. The van der Waals surface area contributed by atoms with Crippen molar-refractivity contribution in [1.29, 1.82) is 0 Å². The second kappa shape index (κ2) is 8.68. The number of hydrogen-bond donors (Lipinski definition) is 2. The van der Waals surface area contributed by atoms with Gasteiger partial charge in [0.15, 0.2) is 5.82 Å². The summed E-state index contributed by atoms with van der Waals surface area (Å²) in [4.78, 5) is 13.4. The number of anilines is 1. The molecule has 0 bridgehead atoms. The van der Waals surface area contributed by atoms with Gasteiger partial charge in [0.05, 0.1) is 16.8 Å². The van der Waals surface area contributed by atoms with Gasteiger partial charge in [-0.25, -0.2) is 4.68 Å². The average molecular weight is 462 g/mol. The van der Waals surface area contributed by atoms with Crippen molar-refractivity contribution in [3.8, 4) is 11.4 Å². The lowest BCUT2D eigenvalue weighted by Crippen LogP contribution is -2.41. The summed E-state index contributed by atoms with van der Waals surface area (Å²) in [6.07, 6.45) is 0. The van der Waals surface area contributed by atoms with Crippen LogP contribution in [0.3, 0.4) is 0 Å². The maximum atomic E-state index is 13.4. The molecule has 1 aliphatic heterocycles. The van der Waals surface area contributed by atoms with Gasteiger partial charge in [-0.1, -0.05) is 95.7 Å². The molecule has 4 aromatic rings. The summed E-state index contributed by atoms with van der Waals surface area (Å²) >= 11 is 7.65. The third-order valence-corrected chi connectivity index (χ3v) is 6.84. The first-order valence-electron chi connectivity index (χ1n) is 10.2. The van der Waals surface area contributed by atoms with E-state index >= 15 is 0 Å². The van der Waals surface area contributed by atoms with Gasteiger partial charge < -0.3 is 10.7 Å². The number of thioether (sulfide) groups is 1. The highest BCUT2D eigenvalue weighted by molar-refractivity contribution is 8.00. The van der Waals surface area contributed by atoms with Crippen LogP contribution in [0, 0.1) is 6.92 Å². The molecular formula is C24H20ClN5OS. The third-order valence-electron chi connectivity index (χ3n) is 5.30. The topological polar surface area (TPSA) is 71.8 Å². The zero-order valence-electron chi connectivity index (χ0n) is 17.2. The molecule has 0 radical (unpaired) electrons. The second-order valence-corrected chi connectivity index (χ2v) is 9.05. The minimum absolute atomic E-state index is 0.156. The minimum atomic E-state index is -0.477. The Hall–Kier alpha value is -3.29. The molecule has 160 valence electrons. The van der Waals surface area contributed by atoms with Crippen molar-refractivity contribution in [3.63, 3.8) is 0 Å². The molecule has 2 N–H and O–H groups in total. The lowest BCUT2D eigenvalue weighted by molar-refractivity contribution is -0.116. The number of carbonyl (C=O) groups excluding carboxylic acids is 1. The van der Waals surface area contributed by atoms with Gasteiger partial charge >= 0.3 is 0 Å². The molecule has 6 nitrogen and oxygen atoms in total. The van der Waals surface area contributed by atoms with E-state index in [1.54, 1.807) is 12.1 Å². The Balaban J connectivity index is 1.52. The van der Waals surface area contributed by atoms with Crippen LogP contribution in [0.15, 0.2) is 84.0 Å². The number of aromatic nitrogens is 3. The number of amides is 1. The molecule has 0 aliphatic carbocycles. The summed E-state index contributed by atoms with van der Waals surface area (Å²) in [6.45, 7) is 2.04. The summed E-state index contributed by atoms with van der Waals surface area (Å²) in [5, 5.41) is 12.3. The molecule has 1 aromatic heterocycles. The Morgan fingerprint density at radius 2 is 1.72 bits per heavy atom. The summed E-state index contributed by atoms with van der Waals surface area (Å²) in [5.74, 6) is 0.548. The lowest BCUT2D eigenvalue weighted by atomic mass is 10.0. The quantitative estimate of drug-likeness (QED) is 0.431. The second-order valence-electron chi connectivity index (χ2n) is 7.53. The maximum Gasteiger partial charge on any atom is 0.240 e. The number of rotatable bonds is 4. The van der Waals surface area contributed by atoms with Gasteiger partial charge in [0.25, 0.3) is 0 Å². The highest BCUT2D eigenvalue weighted by Crippen LogP contribution is 2.39. The van der Waals surface area contributed by atoms with E-state index in [0.29, 0.717) is 21.7 Å². The summed E-state index contributed by atoms with van der Waals surface area (Å²) in [6, 6.07) is 25.0. The zero-order valence-corrected chi connectivity index (χ0v) is 18.8. The Kier molecular flexibility index (Phi) is 5.59. The number of carbonyl (C=O) groups is 1. The van der Waals surface area contributed by atoms with Crippen molar-refractivity contribution < 1.29 is 4.79 Å². The molecular weight excluding hydrogens is 442 g/mol. The van der Waals surface area contributed by atoms with E-state index < -0.39 is 5.25 Å². The molecule has 3 aromatic carbocycles. The number of nitrogens with one attached hydrogen (secondary N) is 2. The number of para-hydroxylation sites is 1. The molecule has 0 fully saturated rings. The van der Waals surface area contributed by atoms with Gasteiger partial charge in [0, 0.05) is 5.56 Å². The predicted molar refractivity (Wildman–Crippen MR) is 128 cm³/mol. The summed E-state index contributed by atoms with van der Waals surface area (Å²) in [7, 11) is 0. The van der Waals surface area contributed by atoms with Crippen LogP contribution in [-0.2, 0) is 4.79 Å². The maximum absolute atomic E-state index is 13.4. The molecule has 32 heavy (non-hydrogen) atoms. The number of aryl methyl sites for hydroxylation is 1. The van der Waals surface area contributed by atoms with E-state index in [4.69, 9.17) is 11.6 Å². The van der Waals surface area contributed by atoms with Crippen molar-refractivity contribution in [1.82, 2.24) is 14.9 Å². The van der Waals surface area contributed by atoms with Crippen molar-refractivity contribution >= 4 is 35.0 Å². The molecule has 5 rings (SSSR count). The Morgan fingerprint density at radius 3 is 2.47 bits per heavy atom. The first kappa shape index (κ1) is 20.6. The van der Waals surface area contributed by atoms with E-state index in [0.717, 1.165) is 16.7 Å². The summed E-state index contributed by atoms with van der Waals surface area (Å²) in [5.41, 5.74) is 7.17. The molecule has 2 unspecified atom stereocenters. The van der Waals surface area contributed by atoms with Crippen molar-refractivity contribution in [2.24, 2.45) is 0 Å². The molecule has 0 saturated carbocycles. The van der Waals surface area contributed by atoms with Crippen LogP contribution in [0.25, 0.3) is 11.4 Å². The third kappa shape index (κ3) is 3.97. The molecule has 1 amide bonds. The molecule has 2 atom stereocenters. The van der Waals surface area contributed by atoms with Crippen LogP contribution in [0.1, 0.15) is 17.2 Å². The van der Waals surface area contributed by atoms with Gasteiger partial charge in [0.2, 0.25) is 11.1 Å². The molecule has 0 saturated heterocycles. The number of nitrogens with zero attached hydrogens (tertiary/aromatic N) is 3. The number of fused-ring (bicyclic) bond motifs is 1. The van der Waals surface area contributed by atoms with Crippen LogP contribution in [0.4, 0.5) is 5.69 Å². The monoisotopic (exact) mass is 461 g/mol. The Labute approximate surface area is 195 Å². The van der Waals surface area contributed by atoms with Gasteiger partial charge in [-0.2, -0.15) is 0 Å². The number of hydrogen-bond acceptors (Lipinski definition) is 5. The van der Waals surface area contributed by atoms with E-state index in [-0.39, 0.29) is 11.9 Å². The fourth-order valence-corrected chi connectivity index (χ4v) is 4.88. The van der Waals surface area contributed by atoms with E-state index in [1.165, 1.54) is 11.8 Å². The molecule has 1 aliphatic rings. The van der Waals surface area contributed by atoms with Crippen LogP contribution in [-0.4, -0.2) is 26.0 Å². The van der Waals surface area contributed by atoms with Crippen molar-refractivity contribution in [2.45, 2.75) is 23.4 Å². The van der Waals surface area contributed by atoms with Gasteiger partial charge in [0.1, 0.15) is 5.25 Å². The van der Waals surface area contributed by atoms with E-state index in [9.17, 15) is 4.79 Å². The van der Waals surface area contributed by atoms with E-state index in [1.807, 2.05) is 78.3 Å². The lowest BCUT2D eigenvalue weighted by Gasteiger charge is -2.33. The molecule has 8 heteroatoms. The summed E-state index contributed by atoms with van der Waals surface area (Å²) < 4.78 is 1.86. The standard InChI is InChI=1S/C24H20ClN5OS/c1-15-11-13-16(14-12-15)20-21(23(31)26-19-10-6-5-9-18(19)25)32-24-28-27-22(30(24)29-20)17-7-3-2-4-8-17/h2-14,20-21,29H,1H3,(H,26,31). The molecule has 2 heterocycles. The fourth-order valence-electron chi connectivity index (χ4n) is 3.62. The normalized spacial score (nSPS) is 17.3. The number of benzene rings is 3. The van der Waals surface area contributed by atoms with Crippen LogP contribution in [0.2, 0.25) is 5.02 Å². The highest BCUT2D eigenvalue weighted by Gasteiger charge is 2.38. The first-order chi connectivity index (χ1) is 15.6. The van der Waals surface area contributed by atoms with E-state index in [2.05, 4.69) is 20.9 Å². The van der Waals surface area contributed by atoms with Gasteiger partial charge in [-0.15, -0.1) is 10.2 Å². The largest absolute Gasteiger partial charge is 0.324 e. The minimum Gasteiger partial charge on any atom is -0.324 e. The smallest absolute Gasteiger partial charge is 0.240 e. The van der Waals surface area contributed by atoms with Gasteiger partial charge in [-0.3, -0.25) is 4.79 Å². The Bertz CT molecular complexity index is 1260. The van der Waals surface area contributed by atoms with Crippen molar-refractivity contribution in [2.75, 3.05) is 10.7 Å². The highest BCUT2D eigenvalue weighted by atomic mass is 35.5. The van der Waals surface area contributed by atoms with Crippen LogP contribution in [0.5, 0.6) is 0 Å². The van der Waals surface area contributed by atoms with Crippen molar-refractivity contribution in [3.05, 3.63) is 95.0 Å². The van der Waals surface area contributed by atoms with Gasteiger partial charge in [-0.05, 0) is 24.6 Å². The fraction of sp³-hybridized carbons (Fsp3) is 0.125. The first-order valence-corrected chi connectivity index (χ1v) is 11.4. The molecule has 0 spiro atoms.